The average molecular weight is 438 g/mol. The SMILES string of the molecule is Nc1nc(N)c(NC(=O)Nc2ccc(C(=O)NC(C(=O)O)c3ccccc3)nc2)c(=O)[nH]1. The molecule has 0 bridgehead atoms. The maximum atomic E-state index is 12.4. The van der Waals surface area contributed by atoms with Crippen molar-refractivity contribution in [2.45, 2.75) is 6.04 Å². The Balaban J connectivity index is 1.65. The van der Waals surface area contributed by atoms with Gasteiger partial charge in [-0.2, -0.15) is 4.98 Å². The lowest BCUT2D eigenvalue weighted by molar-refractivity contribution is -0.139. The molecule has 3 rings (SSSR count). The fourth-order valence-electron chi connectivity index (χ4n) is 2.65. The Bertz CT molecular complexity index is 1210. The summed E-state index contributed by atoms with van der Waals surface area (Å²) < 4.78 is 0. The van der Waals surface area contributed by atoms with Crippen molar-refractivity contribution in [3.05, 3.63) is 70.3 Å². The molecule has 0 aliphatic carbocycles. The molecule has 2 aromatic heterocycles. The van der Waals surface area contributed by atoms with E-state index in [1.807, 2.05) is 0 Å². The van der Waals surface area contributed by atoms with Gasteiger partial charge in [-0.1, -0.05) is 30.3 Å². The zero-order valence-corrected chi connectivity index (χ0v) is 16.3. The molecule has 3 aromatic rings. The number of rotatable bonds is 6. The Kier molecular flexibility index (Phi) is 6.29. The van der Waals surface area contributed by atoms with Crippen LogP contribution in [-0.4, -0.2) is 38.0 Å². The van der Waals surface area contributed by atoms with Crippen molar-refractivity contribution in [2.75, 3.05) is 22.1 Å². The number of aromatic nitrogens is 3. The molecule has 1 aromatic carbocycles. The molecule has 32 heavy (non-hydrogen) atoms. The highest BCUT2D eigenvalue weighted by molar-refractivity contribution is 6.01. The number of pyridine rings is 1. The standard InChI is InChI=1S/C19H18N8O5/c20-14-13(16(29)27-18(21)26-14)25-19(32)23-10-6-7-11(22-8-10)15(28)24-12(17(30)31)9-4-2-1-3-5-9/h1-8,12H,(H,24,28)(H,30,31)(H2,23,25,32)(H5,20,21,26,27,29). The van der Waals surface area contributed by atoms with E-state index in [-0.39, 0.29) is 28.8 Å². The van der Waals surface area contributed by atoms with Gasteiger partial charge in [0.25, 0.3) is 11.5 Å². The summed E-state index contributed by atoms with van der Waals surface area (Å²) in [6.07, 6.45) is 1.18. The van der Waals surface area contributed by atoms with Crippen LogP contribution in [0.3, 0.4) is 0 Å². The Hall–Kier alpha value is -4.94. The number of hydrogen-bond donors (Lipinski definition) is 7. The number of amides is 3. The van der Waals surface area contributed by atoms with Gasteiger partial charge in [0.2, 0.25) is 5.95 Å². The second kappa shape index (κ2) is 9.25. The fraction of sp³-hybridized carbons (Fsp3) is 0.0526. The van der Waals surface area contributed by atoms with Crippen LogP contribution < -0.4 is 33.0 Å². The third-order valence-electron chi connectivity index (χ3n) is 4.11. The number of nitrogen functional groups attached to an aromatic ring is 2. The molecule has 3 amide bonds. The van der Waals surface area contributed by atoms with Crippen molar-refractivity contribution >= 4 is 41.0 Å². The minimum absolute atomic E-state index is 0.0680. The molecule has 0 spiro atoms. The zero-order valence-electron chi connectivity index (χ0n) is 16.3. The molecule has 0 aliphatic heterocycles. The molecule has 164 valence electrons. The first-order valence-corrected chi connectivity index (χ1v) is 9.02. The summed E-state index contributed by atoms with van der Waals surface area (Å²) >= 11 is 0. The van der Waals surface area contributed by atoms with Crippen LogP contribution in [0.1, 0.15) is 22.1 Å². The van der Waals surface area contributed by atoms with Gasteiger partial charge in [0.05, 0.1) is 11.9 Å². The van der Waals surface area contributed by atoms with Gasteiger partial charge in [0.1, 0.15) is 5.69 Å². The summed E-state index contributed by atoms with van der Waals surface area (Å²) in [7, 11) is 0. The molecule has 0 aliphatic rings. The monoisotopic (exact) mass is 438 g/mol. The van der Waals surface area contributed by atoms with Crippen molar-refractivity contribution in [2.24, 2.45) is 0 Å². The van der Waals surface area contributed by atoms with Crippen molar-refractivity contribution in [1.29, 1.82) is 0 Å². The number of H-pyrrole nitrogens is 1. The number of anilines is 4. The number of aliphatic carboxylic acids is 1. The maximum Gasteiger partial charge on any atom is 0.330 e. The Morgan fingerprint density at radius 3 is 2.34 bits per heavy atom. The van der Waals surface area contributed by atoms with E-state index in [4.69, 9.17) is 11.5 Å². The second-order valence-corrected chi connectivity index (χ2v) is 6.38. The van der Waals surface area contributed by atoms with Crippen LogP contribution in [0.4, 0.5) is 27.9 Å². The number of carbonyl (C=O) groups is 3. The lowest BCUT2D eigenvalue weighted by atomic mass is 10.1. The highest BCUT2D eigenvalue weighted by Gasteiger charge is 2.23. The first-order valence-electron chi connectivity index (χ1n) is 9.02. The van der Waals surface area contributed by atoms with Crippen molar-refractivity contribution in [3.63, 3.8) is 0 Å². The van der Waals surface area contributed by atoms with Gasteiger partial charge >= 0.3 is 12.0 Å². The lowest BCUT2D eigenvalue weighted by Crippen LogP contribution is -2.34. The van der Waals surface area contributed by atoms with E-state index < -0.39 is 29.5 Å². The van der Waals surface area contributed by atoms with Crippen LogP contribution >= 0.6 is 0 Å². The molecule has 0 saturated heterocycles. The normalized spacial score (nSPS) is 11.2. The van der Waals surface area contributed by atoms with E-state index in [1.54, 1.807) is 30.3 Å². The van der Waals surface area contributed by atoms with E-state index >= 15 is 0 Å². The molecule has 1 atom stereocenters. The van der Waals surface area contributed by atoms with Crippen LogP contribution in [0, 0.1) is 0 Å². The minimum Gasteiger partial charge on any atom is -0.479 e. The first-order chi connectivity index (χ1) is 15.2. The summed E-state index contributed by atoms with van der Waals surface area (Å²) in [6.45, 7) is 0. The smallest absolute Gasteiger partial charge is 0.330 e. The highest BCUT2D eigenvalue weighted by Crippen LogP contribution is 2.15. The van der Waals surface area contributed by atoms with Gasteiger partial charge in [-0.3, -0.25) is 19.9 Å². The van der Waals surface area contributed by atoms with Crippen LogP contribution in [0.15, 0.2) is 53.5 Å². The predicted molar refractivity (Wildman–Crippen MR) is 115 cm³/mol. The van der Waals surface area contributed by atoms with Gasteiger partial charge in [-0.05, 0) is 17.7 Å². The summed E-state index contributed by atoms with van der Waals surface area (Å²) in [5, 5.41) is 16.4. The molecular weight excluding hydrogens is 420 g/mol. The zero-order chi connectivity index (χ0) is 23.3. The number of carbonyl (C=O) groups excluding carboxylic acids is 2. The van der Waals surface area contributed by atoms with E-state index in [9.17, 15) is 24.3 Å². The molecule has 0 saturated carbocycles. The maximum absolute atomic E-state index is 12.4. The number of nitrogens with two attached hydrogens (primary N) is 2. The van der Waals surface area contributed by atoms with Crippen LogP contribution in [0.2, 0.25) is 0 Å². The van der Waals surface area contributed by atoms with Crippen LogP contribution in [0.25, 0.3) is 0 Å². The van der Waals surface area contributed by atoms with Crippen molar-refractivity contribution < 1.29 is 19.5 Å². The van der Waals surface area contributed by atoms with Gasteiger partial charge in [-0.15, -0.1) is 0 Å². The molecule has 0 fully saturated rings. The van der Waals surface area contributed by atoms with Gasteiger partial charge < -0.3 is 27.2 Å². The number of nitrogens with zero attached hydrogens (tertiary/aromatic N) is 2. The Morgan fingerprint density at radius 2 is 1.75 bits per heavy atom. The number of urea groups is 1. The average Bonchev–Trinajstić information content (AvgIpc) is 2.75. The van der Waals surface area contributed by atoms with E-state index in [0.717, 1.165) is 0 Å². The number of hydrogen-bond acceptors (Lipinski definition) is 8. The summed E-state index contributed by atoms with van der Waals surface area (Å²) in [6, 6.07) is 8.77. The molecule has 2 heterocycles. The van der Waals surface area contributed by atoms with E-state index in [2.05, 4.69) is 30.9 Å². The first kappa shape index (κ1) is 21.8. The summed E-state index contributed by atoms with van der Waals surface area (Å²) in [4.78, 5) is 57.6. The number of carboxylic acid groups (broad SMARTS) is 1. The largest absolute Gasteiger partial charge is 0.479 e. The molecule has 9 N–H and O–H groups in total. The molecule has 0 radical (unpaired) electrons. The van der Waals surface area contributed by atoms with Crippen LogP contribution in [0.5, 0.6) is 0 Å². The predicted octanol–water partition coefficient (Wildman–Crippen LogP) is 0.529. The molecule has 1 unspecified atom stereocenters. The fourth-order valence-corrected chi connectivity index (χ4v) is 2.65. The van der Waals surface area contributed by atoms with E-state index in [0.29, 0.717) is 5.56 Å². The van der Waals surface area contributed by atoms with Crippen LogP contribution in [-0.2, 0) is 4.79 Å². The molecular formula is C19H18N8O5. The topological polar surface area (TPSA) is 218 Å². The van der Waals surface area contributed by atoms with Gasteiger partial charge in [0.15, 0.2) is 17.5 Å². The molecule has 13 heteroatoms. The third kappa shape index (κ3) is 5.15. The van der Waals surface area contributed by atoms with Crippen molar-refractivity contribution in [3.8, 4) is 0 Å². The minimum atomic E-state index is -1.26. The quantitative estimate of drug-likeness (QED) is 0.285. The third-order valence-corrected chi connectivity index (χ3v) is 4.11. The number of benzene rings is 1. The number of carboxylic acids is 1. The summed E-state index contributed by atoms with van der Waals surface area (Å²) in [5.74, 6) is -2.41. The van der Waals surface area contributed by atoms with Crippen molar-refractivity contribution in [1.82, 2.24) is 20.3 Å². The Morgan fingerprint density at radius 1 is 1.03 bits per heavy atom. The lowest BCUT2D eigenvalue weighted by Gasteiger charge is -2.14. The van der Waals surface area contributed by atoms with Gasteiger partial charge in [-0.25, -0.2) is 14.6 Å². The number of aromatic amines is 1. The number of nitrogens with one attached hydrogen (secondary N) is 4. The molecule has 13 nitrogen and oxygen atoms in total. The second-order valence-electron chi connectivity index (χ2n) is 6.38. The van der Waals surface area contributed by atoms with Gasteiger partial charge in [0, 0.05) is 0 Å². The summed E-state index contributed by atoms with van der Waals surface area (Å²) in [5.41, 5.74) is 10.4. The highest BCUT2D eigenvalue weighted by atomic mass is 16.4. The Labute approximate surface area is 179 Å². The van der Waals surface area contributed by atoms with E-state index in [1.165, 1.54) is 18.3 Å².